The van der Waals surface area contributed by atoms with Crippen molar-refractivity contribution in [2.24, 2.45) is 5.92 Å². The lowest BCUT2D eigenvalue weighted by atomic mass is 10.1. The van der Waals surface area contributed by atoms with Gasteiger partial charge in [0.1, 0.15) is 5.82 Å². The largest absolute Gasteiger partial charge is 0.396 e. The van der Waals surface area contributed by atoms with Gasteiger partial charge >= 0.3 is 0 Å². The van der Waals surface area contributed by atoms with Crippen LogP contribution < -0.4 is 5.73 Å². The van der Waals surface area contributed by atoms with Crippen molar-refractivity contribution in [2.75, 3.05) is 31.9 Å². The topological polar surface area (TPSA) is 66.6 Å². The molecule has 1 aliphatic heterocycles. The minimum atomic E-state index is -0.522. The summed E-state index contributed by atoms with van der Waals surface area (Å²) >= 11 is 0. The lowest BCUT2D eigenvalue weighted by molar-refractivity contribution is -0.134. The van der Waals surface area contributed by atoms with E-state index in [-0.39, 0.29) is 23.4 Å². The Bertz CT molecular complexity index is 578. The minimum absolute atomic E-state index is 0.0246. The monoisotopic (exact) mass is 291 g/mol. The summed E-state index contributed by atoms with van der Waals surface area (Å²) < 4.78 is 13.1. The van der Waals surface area contributed by atoms with Gasteiger partial charge in [0.05, 0.1) is 5.69 Å². The van der Waals surface area contributed by atoms with Gasteiger partial charge in [0.15, 0.2) is 0 Å². The van der Waals surface area contributed by atoms with Crippen LogP contribution in [0, 0.1) is 11.7 Å². The van der Waals surface area contributed by atoms with Gasteiger partial charge in [-0.05, 0) is 31.0 Å². The highest BCUT2D eigenvalue weighted by atomic mass is 19.1. The molecule has 0 spiro atoms. The molecule has 1 aromatic rings. The molecule has 5 nitrogen and oxygen atoms in total. The lowest BCUT2D eigenvalue weighted by Crippen LogP contribution is -2.51. The van der Waals surface area contributed by atoms with Crippen molar-refractivity contribution < 1.29 is 14.0 Å². The molecule has 1 heterocycles. The second-order valence-corrected chi connectivity index (χ2v) is 5.63. The molecule has 2 fully saturated rings. The van der Waals surface area contributed by atoms with Crippen LogP contribution in [0.15, 0.2) is 18.2 Å². The van der Waals surface area contributed by atoms with E-state index in [9.17, 15) is 14.0 Å². The van der Waals surface area contributed by atoms with Crippen molar-refractivity contribution >= 4 is 17.5 Å². The number of amides is 2. The number of hydrogen-bond acceptors (Lipinski definition) is 3. The van der Waals surface area contributed by atoms with E-state index in [1.165, 1.54) is 18.2 Å². The molecule has 0 radical (unpaired) electrons. The van der Waals surface area contributed by atoms with Crippen molar-refractivity contribution in [3.05, 3.63) is 29.6 Å². The first kappa shape index (κ1) is 13.9. The summed E-state index contributed by atoms with van der Waals surface area (Å²) in [7, 11) is 0. The molecule has 3 rings (SSSR count). The molecule has 1 aliphatic carbocycles. The summed E-state index contributed by atoms with van der Waals surface area (Å²) in [6, 6.07) is 4.00. The summed E-state index contributed by atoms with van der Waals surface area (Å²) in [5.74, 6) is -0.260. The number of carbonyl (C=O) groups is 2. The van der Waals surface area contributed by atoms with Gasteiger partial charge in [-0.25, -0.2) is 4.39 Å². The molecule has 0 aromatic heterocycles. The summed E-state index contributed by atoms with van der Waals surface area (Å²) in [5.41, 5.74) is 5.85. The van der Waals surface area contributed by atoms with Gasteiger partial charge in [-0.3, -0.25) is 9.59 Å². The van der Waals surface area contributed by atoms with Gasteiger partial charge in [0.2, 0.25) is 5.91 Å². The molecule has 1 saturated heterocycles. The highest BCUT2D eigenvalue weighted by molar-refractivity contribution is 5.95. The molecule has 6 heteroatoms. The maximum absolute atomic E-state index is 13.1. The van der Waals surface area contributed by atoms with Crippen molar-refractivity contribution in [1.29, 1.82) is 0 Å². The average molecular weight is 291 g/mol. The van der Waals surface area contributed by atoms with Crippen LogP contribution in [0.25, 0.3) is 0 Å². The Balaban J connectivity index is 1.61. The Morgan fingerprint density at radius 2 is 1.71 bits per heavy atom. The third-order valence-corrected chi connectivity index (χ3v) is 4.05. The Kier molecular flexibility index (Phi) is 3.53. The molecular formula is C15H18FN3O2. The maximum atomic E-state index is 13.1. The van der Waals surface area contributed by atoms with E-state index in [1.807, 2.05) is 4.90 Å². The summed E-state index contributed by atoms with van der Waals surface area (Å²) in [6.07, 6.45) is 1.99. The van der Waals surface area contributed by atoms with Crippen molar-refractivity contribution in [3.8, 4) is 0 Å². The van der Waals surface area contributed by atoms with Gasteiger partial charge in [0, 0.05) is 37.7 Å². The van der Waals surface area contributed by atoms with Crippen LogP contribution in [0.1, 0.15) is 23.2 Å². The molecule has 0 unspecified atom stereocenters. The number of halogens is 1. The molecule has 0 atom stereocenters. The SMILES string of the molecule is Nc1cc(C(=O)N2CCN(C(=O)C3CC3)CC2)ccc1F. The van der Waals surface area contributed by atoms with Crippen LogP contribution >= 0.6 is 0 Å². The van der Waals surface area contributed by atoms with E-state index in [1.54, 1.807) is 4.90 Å². The van der Waals surface area contributed by atoms with Gasteiger partial charge in [-0.1, -0.05) is 0 Å². The van der Waals surface area contributed by atoms with Crippen LogP contribution in [0.2, 0.25) is 0 Å². The molecule has 2 aliphatic rings. The molecule has 2 amide bonds. The van der Waals surface area contributed by atoms with Gasteiger partial charge < -0.3 is 15.5 Å². The van der Waals surface area contributed by atoms with E-state index < -0.39 is 5.82 Å². The third-order valence-electron chi connectivity index (χ3n) is 4.05. The Hall–Kier alpha value is -2.11. The number of benzene rings is 1. The molecule has 112 valence electrons. The second-order valence-electron chi connectivity index (χ2n) is 5.63. The Morgan fingerprint density at radius 1 is 1.10 bits per heavy atom. The van der Waals surface area contributed by atoms with Crippen LogP contribution in [0.3, 0.4) is 0 Å². The zero-order valence-electron chi connectivity index (χ0n) is 11.7. The number of rotatable bonds is 2. The smallest absolute Gasteiger partial charge is 0.254 e. The highest BCUT2D eigenvalue weighted by Gasteiger charge is 2.35. The van der Waals surface area contributed by atoms with Gasteiger partial charge in [-0.15, -0.1) is 0 Å². The van der Waals surface area contributed by atoms with Gasteiger partial charge in [-0.2, -0.15) is 0 Å². The lowest BCUT2D eigenvalue weighted by Gasteiger charge is -2.35. The number of nitrogens with two attached hydrogens (primary N) is 1. The van der Waals surface area contributed by atoms with E-state index in [0.29, 0.717) is 31.7 Å². The van der Waals surface area contributed by atoms with E-state index in [0.717, 1.165) is 12.8 Å². The average Bonchev–Trinajstić information content (AvgIpc) is 3.33. The predicted octanol–water partition coefficient (Wildman–Crippen LogP) is 1.10. The number of nitrogens with zero attached hydrogens (tertiary/aromatic N) is 2. The van der Waals surface area contributed by atoms with Crippen molar-refractivity contribution in [3.63, 3.8) is 0 Å². The van der Waals surface area contributed by atoms with Gasteiger partial charge in [0.25, 0.3) is 5.91 Å². The first-order chi connectivity index (χ1) is 10.1. The Morgan fingerprint density at radius 3 is 2.29 bits per heavy atom. The van der Waals surface area contributed by atoms with Crippen LogP contribution in [0.5, 0.6) is 0 Å². The third kappa shape index (κ3) is 2.84. The van der Waals surface area contributed by atoms with Crippen molar-refractivity contribution in [2.45, 2.75) is 12.8 Å². The predicted molar refractivity (Wildman–Crippen MR) is 76.0 cm³/mol. The number of carbonyl (C=O) groups excluding carboxylic acids is 2. The summed E-state index contributed by atoms with van der Waals surface area (Å²) in [6.45, 7) is 2.15. The fraction of sp³-hybridized carbons (Fsp3) is 0.467. The zero-order chi connectivity index (χ0) is 15.0. The fourth-order valence-electron chi connectivity index (χ4n) is 2.58. The number of hydrogen-bond donors (Lipinski definition) is 1. The molecular weight excluding hydrogens is 273 g/mol. The minimum Gasteiger partial charge on any atom is -0.396 e. The number of nitrogen functional groups attached to an aromatic ring is 1. The summed E-state index contributed by atoms with van der Waals surface area (Å²) in [4.78, 5) is 27.8. The van der Waals surface area contributed by atoms with E-state index in [2.05, 4.69) is 0 Å². The standard InChI is InChI=1S/C15H18FN3O2/c16-12-4-3-11(9-13(12)17)15(21)19-7-5-18(6-8-19)14(20)10-1-2-10/h3-4,9-10H,1-2,5-8,17H2. The first-order valence-corrected chi connectivity index (χ1v) is 7.19. The number of anilines is 1. The van der Waals surface area contributed by atoms with Crippen molar-refractivity contribution in [1.82, 2.24) is 9.80 Å². The first-order valence-electron chi connectivity index (χ1n) is 7.19. The highest BCUT2D eigenvalue weighted by Crippen LogP contribution is 2.31. The second kappa shape index (κ2) is 5.35. The molecule has 0 bridgehead atoms. The maximum Gasteiger partial charge on any atom is 0.254 e. The number of piperazine rings is 1. The molecule has 2 N–H and O–H groups in total. The zero-order valence-corrected chi connectivity index (χ0v) is 11.7. The molecule has 1 aromatic carbocycles. The quantitative estimate of drug-likeness (QED) is 0.830. The summed E-state index contributed by atoms with van der Waals surface area (Å²) in [5, 5.41) is 0. The normalized spacial score (nSPS) is 18.7. The Labute approximate surface area is 122 Å². The fourth-order valence-corrected chi connectivity index (χ4v) is 2.58. The molecule has 1 saturated carbocycles. The van der Waals surface area contributed by atoms with Crippen LogP contribution in [-0.2, 0) is 4.79 Å². The van der Waals surface area contributed by atoms with Crippen LogP contribution in [0.4, 0.5) is 10.1 Å². The van der Waals surface area contributed by atoms with E-state index in [4.69, 9.17) is 5.73 Å². The van der Waals surface area contributed by atoms with E-state index >= 15 is 0 Å². The van der Waals surface area contributed by atoms with Crippen LogP contribution in [-0.4, -0.2) is 47.8 Å². The molecule has 21 heavy (non-hydrogen) atoms.